The number of allylic oxidation sites excluding steroid dienone is 2. The molecule has 1 aliphatic rings. The summed E-state index contributed by atoms with van der Waals surface area (Å²) in [4.78, 5) is 13.4. The van der Waals surface area contributed by atoms with Crippen molar-refractivity contribution >= 4 is 11.8 Å². The van der Waals surface area contributed by atoms with Crippen LogP contribution in [-0.4, -0.2) is 12.7 Å². The van der Waals surface area contributed by atoms with Crippen molar-refractivity contribution in [3.05, 3.63) is 54.3 Å². The normalized spacial score (nSPS) is 17.2. The Labute approximate surface area is 107 Å². The third kappa shape index (κ3) is 2.16. The molecule has 1 aliphatic heterocycles. The molecule has 0 aliphatic carbocycles. The Bertz CT molecular complexity index is 505. The lowest BCUT2D eigenvalue weighted by Crippen LogP contribution is -2.29. The van der Waals surface area contributed by atoms with E-state index < -0.39 is 0 Å². The highest BCUT2D eigenvalue weighted by Gasteiger charge is 2.25. The Hall–Kier alpha value is -2.03. The van der Waals surface area contributed by atoms with Crippen LogP contribution in [0.5, 0.6) is 0 Å². The van der Waals surface area contributed by atoms with Gasteiger partial charge >= 0.3 is 6.09 Å². The molecule has 0 N–H and O–H groups in total. The highest BCUT2D eigenvalue weighted by Crippen LogP contribution is 2.36. The van der Waals surface area contributed by atoms with E-state index in [-0.39, 0.29) is 12.0 Å². The summed E-state index contributed by atoms with van der Waals surface area (Å²) in [6, 6.07) is 7.83. The molecule has 1 aromatic rings. The summed E-state index contributed by atoms with van der Waals surface area (Å²) in [6.45, 7) is 8.16. The fourth-order valence-corrected chi connectivity index (χ4v) is 2.11. The number of nitrogens with zero attached hydrogens (tertiary/aromatic N) is 1. The zero-order valence-electron chi connectivity index (χ0n) is 10.7. The molecule has 0 radical (unpaired) electrons. The van der Waals surface area contributed by atoms with Crippen molar-refractivity contribution in [2.24, 2.45) is 0 Å². The van der Waals surface area contributed by atoms with Gasteiger partial charge in [-0.25, -0.2) is 4.79 Å². The first kappa shape index (κ1) is 12.4. The minimum Gasteiger partial charge on any atom is -0.449 e. The molecule has 2 rings (SSSR count). The summed E-state index contributed by atoms with van der Waals surface area (Å²) in [6.07, 6.45) is 3.39. The van der Waals surface area contributed by atoms with Crippen LogP contribution in [0.3, 0.4) is 0 Å². The van der Waals surface area contributed by atoms with Gasteiger partial charge in [-0.2, -0.15) is 0 Å². The van der Waals surface area contributed by atoms with Crippen LogP contribution in [0.4, 0.5) is 10.5 Å². The van der Waals surface area contributed by atoms with Crippen LogP contribution < -0.4 is 4.90 Å². The monoisotopic (exact) mass is 243 g/mol. The van der Waals surface area contributed by atoms with Crippen molar-refractivity contribution in [1.82, 2.24) is 0 Å². The van der Waals surface area contributed by atoms with Crippen LogP contribution in [0.2, 0.25) is 0 Å². The van der Waals surface area contributed by atoms with Crippen molar-refractivity contribution in [2.45, 2.75) is 19.8 Å². The lowest BCUT2D eigenvalue weighted by Gasteiger charge is -2.28. The third-order valence-electron chi connectivity index (χ3n) is 2.95. The quantitative estimate of drug-likeness (QED) is 0.739. The van der Waals surface area contributed by atoms with E-state index in [4.69, 9.17) is 4.74 Å². The number of fused-ring (bicyclic) bond motifs is 1. The number of anilines is 1. The first-order valence-corrected chi connectivity index (χ1v) is 6.03. The Balaban J connectivity index is 2.41. The highest BCUT2D eigenvalue weighted by molar-refractivity contribution is 5.92. The van der Waals surface area contributed by atoms with Gasteiger partial charge in [0.05, 0.1) is 12.3 Å². The van der Waals surface area contributed by atoms with Gasteiger partial charge in [0.1, 0.15) is 0 Å². The highest BCUT2D eigenvalue weighted by atomic mass is 16.6. The average Bonchev–Trinajstić information content (AvgIpc) is 2.37. The van der Waals surface area contributed by atoms with Crippen LogP contribution in [0.1, 0.15) is 25.3 Å². The van der Waals surface area contributed by atoms with Crippen molar-refractivity contribution in [2.75, 3.05) is 11.5 Å². The molecule has 0 aromatic heterocycles. The molecule has 1 atom stereocenters. The molecular weight excluding hydrogens is 226 g/mol. The van der Waals surface area contributed by atoms with E-state index in [9.17, 15) is 4.79 Å². The maximum Gasteiger partial charge on any atom is 0.418 e. The van der Waals surface area contributed by atoms with Gasteiger partial charge in [0.2, 0.25) is 0 Å². The third-order valence-corrected chi connectivity index (χ3v) is 2.95. The first-order valence-electron chi connectivity index (χ1n) is 6.03. The van der Waals surface area contributed by atoms with Gasteiger partial charge < -0.3 is 4.74 Å². The van der Waals surface area contributed by atoms with E-state index in [1.54, 1.807) is 13.1 Å². The van der Waals surface area contributed by atoms with E-state index in [0.717, 1.165) is 16.8 Å². The van der Waals surface area contributed by atoms with Crippen molar-refractivity contribution in [3.63, 3.8) is 0 Å². The second-order valence-corrected chi connectivity index (χ2v) is 4.29. The molecule has 3 heteroatoms. The maximum absolute atomic E-state index is 11.9. The van der Waals surface area contributed by atoms with Crippen LogP contribution in [0.15, 0.2) is 48.7 Å². The lowest BCUT2D eigenvalue weighted by atomic mass is 9.89. The van der Waals surface area contributed by atoms with Gasteiger partial charge in [-0.05, 0) is 25.5 Å². The minimum absolute atomic E-state index is 0.159. The molecule has 0 bridgehead atoms. The molecule has 1 unspecified atom stereocenters. The minimum atomic E-state index is -0.346. The Morgan fingerprint density at radius 1 is 1.44 bits per heavy atom. The van der Waals surface area contributed by atoms with Gasteiger partial charge in [0.15, 0.2) is 0 Å². The summed E-state index contributed by atoms with van der Waals surface area (Å²) in [7, 11) is 0. The van der Waals surface area contributed by atoms with E-state index in [1.165, 1.54) is 4.90 Å². The SMILES string of the molecule is C=C(C)C1C=CN(C(=O)OCC)c2ccccc21. The molecule has 0 fully saturated rings. The predicted molar refractivity (Wildman–Crippen MR) is 72.6 cm³/mol. The second kappa shape index (κ2) is 5.08. The molecular formula is C15H17NO2. The van der Waals surface area contributed by atoms with Gasteiger partial charge in [0, 0.05) is 12.1 Å². The van der Waals surface area contributed by atoms with E-state index in [0.29, 0.717) is 6.61 Å². The smallest absolute Gasteiger partial charge is 0.418 e. The van der Waals surface area contributed by atoms with Gasteiger partial charge in [-0.3, -0.25) is 4.90 Å². The molecule has 1 heterocycles. The largest absolute Gasteiger partial charge is 0.449 e. The zero-order chi connectivity index (χ0) is 13.1. The Morgan fingerprint density at radius 3 is 2.83 bits per heavy atom. The molecule has 0 saturated carbocycles. The van der Waals surface area contributed by atoms with Gasteiger partial charge in [0.25, 0.3) is 0 Å². The summed E-state index contributed by atoms with van der Waals surface area (Å²) >= 11 is 0. The fraction of sp³-hybridized carbons (Fsp3) is 0.267. The number of carbonyl (C=O) groups is 1. The van der Waals surface area contributed by atoms with Crippen molar-refractivity contribution in [1.29, 1.82) is 0 Å². The lowest BCUT2D eigenvalue weighted by molar-refractivity contribution is 0.162. The number of benzene rings is 1. The molecule has 0 spiro atoms. The predicted octanol–water partition coefficient (Wildman–Crippen LogP) is 3.84. The number of hydrogen-bond donors (Lipinski definition) is 0. The zero-order valence-corrected chi connectivity index (χ0v) is 10.7. The van der Waals surface area contributed by atoms with Crippen LogP contribution in [-0.2, 0) is 4.74 Å². The average molecular weight is 243 g/mol. The van der Waals surface area contributed by atoms with Crippen molar-refractivity contribution in [3.8, 4) is 0 Å². The van der Waals surface area contributed by atoms with E-state index in [2.05, 4.69) is 6.58 Å². The van der Waals surface area contributed by atoms with E-state index in [1.807, 2.05) is 37.3 Å². The molecule has 1 amide bonds. The van der Waals surface area contributed by atoms with Crippen molar-refractivity contribution < 1.29 is 9.53 Å². The number of hydrogen-bond acceptors (Lipinski definition) is 2. The number of para-hydroxylation sites is 1. The molecule has 94 valence electrons. The number of ether oxygens (including phenoxy) is 1. The van der Waals surface area contributed by atoms with Crippen LogP contribution in [0, 0.1) is 0 Å². The van der Waals surface area contributed by atoms with Gasteiger partial charge in [-0.1, -0.05) is 36.4 Å². The van der Waals surface area contributed by atoms with Gasteiger partial charge in [-0.15, -0.1) is 0 Å². The molecule has 1 aromatic carbocycles. The summed E-state index contributed by atoms with van der Waals surface area (Å²) in [5, 5.41) is 0. The Kier molecular flexibility index (Phi) is 3.51. The standard InChI is InChI=1S/C15H17NO2/c1-4-18-15(17)16-10-9-12(11(2)3)13-7-5-6-8-14(13)16/h5-10,12H,2,4H2,1,3H3. The number of amides is 1. The van der Waals surface area contributed by atoms with Crippen LogP contribution in [0.25, 0.3) is 0 Å². The number of carbonyl (C=O) groups excluding carboxylic acids is 1. The van der Waals surface area contributed by atoms with Crippen LogP contribution >= 0.6 is 0 Å². The maximum atomic E-state index is 11.9. The second-order valence-electron chi connectivity index (χ2n) is 4.29. The fourth-order valence-electron chi connectivity index (χ4n) is 2.11. The van der Waals surface area contributed by atoms with E-state index >= 15 is 0 Å². The molecule has 3 nitrogen and oxygen atoms in total. The first-order chi connectivity index (χ1) is 8.65. The molecule has 18 heavy (non-hydrogen) atoms. The summed E-state index contributed by atoms with van der Waals surface area (Å²) < 4.78 is 5.05. The summed E-state index contributed by atoms with van der Waals surface area (Å²) in [5.41, 5.74) is 3.01. The number of rotatable bonds is 2. The summed E-state index contributed by atoms with van der Waals surface area (Å²) in [5.74, 6) is 0.159. The Morgan fingerprint density at radius 2 is 2.17 bits per heavy atom. The topological polar surface area (TPSA) is 29.5 Å². The molecule has 0 saturated heterocycles.